The third kappa shape index (κ3) is 15.8. The average Bonchev–Trinajstić information content (AvgIpc) is 4.11. The number of benzene rings is 4. The number of para-hydroxylation sites is 1. The Kier molecular flexibility index (Phi) is 19.7. The van der Waals surface area contributed by atoms with Crippen molar-refractivity contribution < 1.29 is 43.0 Å². The number of hydrogen-bond acceptors (Lipinski definition) is 12. The number of rotatable bonds is 17. The van der Waals surface area contributed by atoms with E-state index in [0.29, 0.717) is 48.6 Å². The minimum absolute atomic E-state index is 0.00420. The fourth-order valence-corrected chi connectivity index (χ4v) is 10.8. The van der Waals surface area contributed by atoms with Gasteiger partial charge in [-0.2, -0.15) is 0 Å². The molecule has 424 valence electrons. The van der Waals surface area contributed by atoms with E-state index in [4.69, 9.17) is 15.2 Å². The molecule has 7 atom stereocenters. The van der Waals surface area contributed by atoms with Gasteiger partial charge < -0.3 is 62.3 Å². The van der Waals surface area contributed by atoms with Gasteiger partial charge in [-0.25, -0.2) is 4.79 Å². The molecule has 3 aliphatic rings. The second-order valence-corrected chi connectivity index (χ2v) is 21.0. The van der Waals surface area contributed by atoms with Crippen LogP contribution in [-0.4, -0.2) is 131 Å². The molecule has 20 heteroatoms. The number of aromatic nitrogens is 2. The molecular weight excluding hydrogens is 1030 g/mol. The number of ether oxygens (including phenoxy) is 2. The Hall–Kier alpha value is -8.62. The molecule has 10 N–H and O–H groups in total. The number of pyridine rings is 1. The Morgan fingerprint density at radius 2 is 1.26 bits per heavy atom. The van der Waals surface area contributed by atoms with Crippen molar-refractivity contribution >= 4 is 52.4 Å². The normalized spacial score (nSPS) is 22.5. The van der Waals surface area contributed by atoms with E-state index in [1.54, 1.807) is 55.0 Å². The molecule has 0 saturated carbocycles. The number of nitrogens with two attached hydrogens (primary N) is 1. The van der Waals surface area contributed by atoms with E-state index in [-0.39, 0.29) is 64.1 Å². The van der Waals surface area contributed by atoms with Crippen LogP contribution in [0.25, 0.3) is 10.9 Å². The molecule has 3 aliphatic heterocycles. The van der Waals surface area contributed by atoms with Crippen LogP contribution in [0.15, 0.2) is 140 Å². The smallest absolute Gasteiger partial charge is 0.407 e. The van der Waals surface area contributed by atoms with Gasteiger partial charge in [0.2, 0.25) is 35.4 Å². The minimum Gasteiger partial charge on any atom is -0.489 e. The molecule has 0 radical (unpaired) electrons. The number of amides is 7. The Bertz CT molecular complexity index is 3090. The van der Waals surface area contributed by atoms with Gasteiger partial charge in [0.25, 0.3) is 0 Å². The molecule has 3 saturated heterocycles. The van der Waals surface area contributed by atoms with Crippen molar-refractivity contribution in [3.63, 3.8) is 0 Å². The van der Waals surface area contributed by atoms with Gasteiger partial charge in [-0.3, -0.25) is 33.8 Å². The fourth-order valence-electron chi connectivity index (χ4n) is 10.8. The van der Waals surface area contributed by atoms with Gasteiger partial charge in [-0.15, -0.1) is 0 Å². The van der Waals surface area contributed by atoms with Crippen molar-refractivity contribution in [3.8, 4) is 5.75 Å². The van der Waals surface area contributed by atoms with Crippen LogP contribution >= 0.6 is 0 Å². The van der Waals surface area contributed by atoms with Crippen LogP contribution in [0.1, 0.15) is 59.9 Å². The quantitative estimate of drug-likeness (QED) is 0.0637. The van der Waals surface area contributed by atoms with Crippen molar-refractivity contribution in [2.24, 2.45) is 11.7 Å². The summed E-state index contributed by atoms with van der Waals surface area (Å²) in [6, 6.07) is 29.5. The fraction of sp³-hybridized carbons (Fsp3) is 0.377. The van der Waals surface area contributed by atoms with E-state index >= 15 is 28.8 Å². The number of piperidine rings is 1. The van der Waals surface area contributed by atoms with Gasteiger partial charge in [-0.1, -0.05) is 97.1 Å². The molecular formula is C61H71N11O9. The first kappa shape index (κ1) is 57.1. The third-order valence-corrected chi connectivity index (χ3v) is 15.1. The van der Waals surface area contributed by atoms with Gasteiger partial charge in [0, 0.05) is 68.3 Å². The lowest BCUT2D eigenvalue weighted by atomic mass is 9.90. The molecule has 7 amide bonds. The zero-order valence-corrected chi connectivity index (χ0v) is 45.2. The van der Waals surface area contributed by atoms with E-state index in [1.165, 1.54) is 4.90 Å². The van der Waals surface area contributed by atoms with E-state index in [0.717, 1.165) is 34.9 Å². The van der Waals surface area contributed by atoms with Crippen LogP contribution in [-0.2, 0) is 65.8 Å². The van der Waals surface area contributed by atoms with E-state index in [9.17, 15) is 4.79 Å². The van der Waals surface area contributed by atoms with Crippen LogP contribution in [0.3, 0.4) is 0 Å². The summed E-state index contributed by atoms with van der Waals surface area (Å²) < 4.78 is 11.8. The maximum Gasteiger partial charge on any atom is 0.407 e. The molecule has 20 nitrogen and oxygen atoms in total. The summed E-state index contributed by atoms with van der Waals surface area (Å²) in [5.74, 6) is -3.52. The van der Waals surface area contributed by atoms with Gasteiger partial charge in [0.1, 0.15) is 54.7 Å². The molecule has 6 aromatic rings. The summed E-state index contributed by atoms with van der Waals surface area (Å²) in [6.07, 6.45) is 4.86. The first-order chi connectivity index (χ1) is 39.5. The van der Waals surface area contributed by atoms with E-state index in [2.05, 4.69) is 47.2 Å². The summed E-state index contributed by atoms with van der Waals surface area (Å²) in [5, 5.41) is 21.6. The van der Waals surface area contributed by atoms with Gasteiger partial charge in [-0.05, 0) is 103 Å². The first-order valence-electron chi connectivity index (χ1n) is 27.9. The SMILES string of the molecule is NCCNC(=O)O[C@@H]1C[C@H]2C(=O)N[C@H](CCc3ccccc3)C(=O)N[C@H](Cc3c[nH]c4ccccc34)C(=O)N[C@@H](CC3CCNCC3)C(=O)N[C@@H](Cc3ccc(OCc4ccccc4)cc3)C(=O)N[C@@H](Cc3cccnc3)C(=O)N2C1. The first-order valence-corrected chi connectivity index (χ1v) is 27.9. The van der Waals surface area contributed by atoms with Crippen molar-refractivity contribution in [2.45, 2.75) is 107 Å². The minimum atomic E-state index is -1.36. The Balaban J connectivity index is 1.10. The van der Waals surface area contributed by atoms with E-state index < -0.39 is 83.9 Å². The maximum absolute atomic E-state index is 15.4. The largest absolute Gasteiger partial charge is 0.489 e. The van der Waals surface area contributed by atoms with Gasteiger partial charge in [0.05, 0.1) is 6.54 Å². The lowest BCUT2D eigenvalue weighted by molar-refractivity contribution is -0.143. The number of carbonyl (C=O) groups is 7. The molecule has 0 unspecified atom stereocenters. The molecule has 9 rings (SSSR count). The number of nitrogens with one attached hydrogen (secondary N) is 8. The second kappa shape index (κ2) is 28.0. The molecule has 0 bridgehead atoms. The standard InChI is InChI=1S/C61H71N11O9/c62-25-29-65-61(79)81-46-34-54-59(77)67-49(22-19-39-10-3-1-4-11-39)55(73)70-52(33-44-36-66-48-16-8-7-15-47(44)48)58(76)69-51(31-41-23-27-63-28-24-41)56(74)68-50(30-40-17-20-45(21-18-40)80-38-42-12-5-2-6-13-42)57(75)71-53(60(78)72(54)37-46)32-43-14-9-26-64-35-43/h1-18,20-21,26,35-36,41,46,49-54,63,66H,19,22-25,27-34,37-38,62H2,(H,65,79)(H,67,77)(H,68,74)(H,69,76)(H,70,73)(H,71,75)/t46-,49-,50+,51+,52-,53+,54+/m1/s1. The molecule has 5 heterocycles. The molecule has 81 heavy (non-hydrogen) atoms. The van der Waals surface area contributed by atoms with Crippen molar-refractivity contribution in [3.05, 3.63) is 168 Å². The topological polar surface area (TPSA) is 280 Å². The number of nitrogens with zero attached hydrogens (tertiary/aromatic N) is 2. The number of fused-ring (bicyclic) bond motifs is 2. The predicted molar refractivity (Wildman–Crippen MR) is 303 cm³/mol. The highest BCUT2D eigenvalue weighted by Crippen LogP contribution is 2.26. The lowest BCUT2D eigenvalue weighted by Crippen LogP contribution is -2.62. The monoisotopic (exact) mass is 1100 g/mol. The molecule has 4 aromatic carbocycles. The highest BCUT2D eigenvalue weighted by molar-refractivity contribution is 5.99. The number of alkyl carbamates (subject to hydrolysis) is 1. The number of aryl methyl sites for hydroxylation is 1. The van der Waals surface area contributed by atoms with Crippen LogP contribution in [0, 0.1) is 5.92 Å². The molecule has 0 spiro atoms. The van der Waals surface area contributed by atoms with E-state index in [1.807, 2.05) is 84.9 Å². The Morgan fingerprint density at radius 3 is 1.98 bits per heavy atom. The zero-order valence-electron chi connectivity index (χ0n) is 45.2. The predicted octanol–water partition coefficient (Wildman–Crippen LogP) is 3.28. The van der Waals surface area contributed by atoms with Crippen LogP contribution in [0.2, 0.25) is 0 Å². The van der Waals surface area contributed by atoms with Gasteiger partial charge >= 0.3 is 6.09 Å². The molecule has 2 aromatic heterocycles. The van der Waals surface area contributed by atoms with Crippen molar-refractivity contribution in [2.75, 3.05) is 32.7 Å². The Morgan fingerprint density at radius 1 is 0.642 bits per heavy atom. The summed E-state index contributed by atoms with van der Waals surface area (Å²) >= 11 is 0. The third-order valence-electron chi connectivity index (χ3n) is 15.1. The van der Waals surface area contributed by atoms with Crippen LogP contribution in [0.5, 0.6) is 5.75 Å². The zero-order chi connectivity index (χ0) is 56.5. The highest BCUT2D eigenvalue weighted by atomic mass is 16.6. The lowest BCUT2D eigenvalue weighted by Gasteiger charge is -2.32. The number of hydrogen-bond donors (Lipinski definition) is 9. The molecule has 3 fully saturated rings. The van der Waals surface area contributed by atoms with Crippen molar-refractivity contribution in [1.29, 1.82) is 0 Å². The maximum atomic E-state index is 15.4. The number of carbonyl (C=O) groups excluding carboxylic acids is 7. The molecule has 0 aliphatic carbocycles. The van der Waals surface area contributed by atoms with Gasteiger partial charge in [0.15, 0.2) is 0 Å². The summed E-state index contributed by atoms with van der Waals surface area (Å²) in [6.45, 7) is 1.73. The summed E-state index contributed by atoms with van der Waals surface area (Å²) in [7, 11) is 0. The Labute approximate surface area is 470 Å². The van der Waals surface area contributed by atoms with Crippen LogP contribution < -0.4 is 47.7 Å². The van der Waals surface area contributed by atoms with Crippen LogP contribution in [0.4, 0.5) is 4.79 Å². The summed E-state index contributed by atoms with van der Waals surface area (Å²) in [4.78, 5) is 113. The highest BCUT2D eigenvalue weighted by Gasteiger charge is 2.45. The number of aromatic amines is 1. The average molecular weight is 1100 g/mol. The number of H-pyrrole nitrogens is 1. The second-order valence-electron chi connectivity index (χ2n) is 21.0. The van der Waals surface area contributed by atoms with Crippen molar-refractivity contribution in [1.82, 2.24) is 52.1 Å². The summed E-state index contributed by atoms with van der Waals surface area (Å²) in [5.41, 5.74) is 10.3.